The number of halogens is 3. The molecule has 1 aromatic rings. The van der Waals surface area contributed by atoms with Gasteiger partial charge in [-0.05, 0) is 37.6 Å². The fourth-order valence-electron chi connectivity index (χ4n) is 3.29. The van der Waals surface area contributed by atoms with Crippen molar-refractivity contribution < 1.29 is 38.1 Å². The second kappa shape index (κ2) is 16.6. The maximum atomic E-state index is 11.3. The number of carbonyl (C=O) groups is 3. The summed E-state index contributed by atoms with van der Waals surface area (Å²) in [6.45, 7) is 11.6. The van der Waals surface area contributed by atoms with Crippen molar-refractivity contribution >= 4 is 52.7 Å². The Labute approximate surface area is 245 Å². The summed E-state index contributed by atoms with van der Waals surface area (Å²) in [5.41, 5.74) is 1.50. The second-order valence-corrected chi connectivity index (χ2v) is 10.7. The molecule has 0 bridgehead atoms. The van der Waals surface area contributed by atoms with Gasteiger partial charge in [-0.1, -0.05) is 43.2 Å². The van der Waals surface area contributed by atoms with Gasteiger partial charge in [0.05, 0.1) is 16.3 Å². The van der Waals surface area contributed by atoms with E-state index in [1.165, 1.54) is 20.8 Å². The van der Waals surface area contributed by atoms with E-state index in [1.54, 1.807) is 25.1 Å². The third-order valence-corrected chi connectivity index (χ3v) is 6.51. The fraction of sp³-hybridized carbons (Fsp3) is 0.536. The molecular formula is C28H37Cl3O8. The summed E-state index contributed by atoms with van der Waals surface area (Å²) in [6.07, 6.45) is 0.434. The smallest absolute Gasteiger partial charge is 0.303 e. The van der Waals surface area contributed by atoms with E-state index < -0.39 is 40.9 Å². The number of allylic oxidation sites excluding steroid dienone is 4. The van der Waals surface area contributed by atoms with Crippen molar-refractivity contribution in [3.05, 3.63) is 52.3 Å². The minimum atomic E-state index is -0.726. The van der Waals surface area contributed by atoms with Crippen molar-refractivity contribution in [3.63, 3.8) is 0 Å². The number of hydrogen-bond acceptors (Lipinski definition) is 8. The molecule has 1 aromatic carbocycles. The molecule has 0 radical (unpaired) electrons. The van der Waals surface area contributed by atoms with Crippen molar-refractivity contribution in [2.75, 3.05) is 25.7 Å². The normalized spacial score (nSPS) is 14.9. The number of esters is 3. The van der Waals surface area contributed by atoms with Crippen LogP contribution in [0.15, 0.2) is 46.7 Å². The third-order valence-electron chi connectivity index (χ3n) is 5.67. The molecule has 0 spiro atoms. The molecule has 39 heavy (non-hydrogen) atoms. The first-order valence-corrected chi connectivity index (χ1v) is 13.6. The van der Waals surface area contributed by atoms with Crippen molar-refractivity contribution in [2.24, 2.45) is 0 Å². The van der Waals surface area contributed by atoms with E-state index in [1.807, 2.05) is 32.9 Å². The van der Waals surface area contributed by atoms with Gasteiger partial charge in [-0.15, -0.1) is 23.2 Å². The van der Waals surface area contributed by atoms with Crippen LogP contribution >= 0.6 is 34.8 Å². The van der Waals surface area contributed by atoms with Gasteiger partial charge in [-0.3, -0.25) is 14.4 Å². The van der Waals surface area contributed by atoms with E-state index in [9.17, 15) is 14.4 Å². The van der Waals surface area contributed by atoms with Gasteiger partial charge in [0.2, 0.25) is 0 Å². The Morgan fingerprint density at radius 2 is 1.41 bits per heavy atom. The highest BCUT2D eigenvalue weighted by atomic mass is 35.5. The van der Waals surface area contributed by atoms with Gasteiger partial charge in [-0.25, -0.2) is 0 Å². The Kier molecular flexibility index (Phi) is 14.8. The molecular weight excluding hydrogens is 571 g/mol. The van der Waals surface area contributed by atoms with Crippen LogP contribution in [-0.4, -0.2) is 61.2 Å². The van der Waals surface area contributed by atoms with Gasteiger partial charge in [0.15, 0.2) is 6.10 Å². The molecule has 11 heteroatoms. The average molecular weight is 608 g/mol. The number of carbonyl (C=O) groups excluding carboxylic acids is 3. The van der Waals surface area contributed by atoms with Crippen molar-refractivity contribution in [1.29, 1.82) is 0 Å². The van der Waals surface area contributed by atoms with Crippen LogP contribution in [0.1, 0.15) is 54.0 Å². The summed E-state index contributed by atoms with van der Waals surface area (Å²) in [6, 6.07) is 7.44. The zero-order valence-electron chi connectivity index (χ0n) is 23.3. The summed E-state index contributed by atoms with van der Waals surface area (Å²) in [5, 5.41) is -0.213. The topological polar surface area (TPSA) is 97.4 Å². The van der Waals surface area contributed by atoms with Gasteiger partial charge >= 0.3 is 17.9 Å². The Morgan fingerprint density at radius 1 is 0.872 bits per heavy atom. The minimum Gasteiger partial charge on any atom is -0.491 e. The van der Waals surface area contributed by atoms with Crippen molar-refractivity contribution in [2.45, 2.75) is 71.5 Å². The summed E-state index contributed by atoms with van der Waals surface area (Å²) < 4.78 is 26.7. The molecule has 8 nitrogen and oxygen atoms in total. The van der Waals surface area contributed by atoms with Crippen LogP contribution in [0, 0.1) is 0 Å². The van der Waals surface area contributed by atoms with E-state index in [2.05, 4.69) is 0 Å². The first-order chi connectivity index (χ1) is 18.2. The molecule has 1 rings (SSSR count). The number of alkyl halides is 2. The number of rotatable bonds is 15. The lowest BCUT2D eigenvalue weighted by Crippen LogP contribution is -2.29. The summed E-state index contributed by atoms with van der Waals surface area (Å²) in [5.74, 6) is -0.460. The number of ether oxygens (including phenoxy) is 5. The van der Waals surface area contributed by atoms with Crippen LogP contribution in [0.2, 0.25) is 0 Å². The molecule has 0 saturated carbocycles. The van der Waals surface area contributed by atoms with E-state index in [0.717, 1.165) is 11.1 Å². The molecule has 0 aromatic heterocycles. The van der Waals surface area contributed by atoms with E-state index in [4.69, 9.17) is 58.5 Å². The highest BCUT2D eigenvalue weighted by Gasteiger charge is 2.25. The molecule has 0 amide bonds. The molecule has 0 aliphatic carbocycles. The van der Waals surface area contributed by atoms with Gasteiger partial charge in [0.1, 0.15) is 37.4 Å². The van der Waals surface area contributed by atoms with Crippen LogP contribution < -0.4 is 4.74 Å². The Morgan fingerprint density at radius 3 is 1.90 bits per heavy atom. The van der Waals surface area contributed by atoms with Gasteiger partial charge in [0, 0.05) is 26.2 Å². The lowest BCUT2D eigenvalue weighted by Gasteiger charge is -2.27. The predicted molar refractivity (Wildman–Crippen MR) is 151 cm³/mol. The summed E-state index contributed by atoms with van der Waals surface area (Å²) >= 11 is 18.8. The minimum absolute atomic E-state index is 0.0165. The predicted octanol–water partition coefficient (Wildman–Crippen LogP) is 6.05. The van der Waals surface area contributed by atoms with E-state index in [0.29, 0.717) is 16.5 Å². The molecule has 0 unspecified atom stereocenters. The van der Waals surface area contributed by atoms with Gasteiger partial charge < -0.3 is 23.7 Å². The largest absolute Gasteiger partial charge is 0.491 e. The van der Waals surface area contributed by atoms with Crippen molar-refractivity contribution in [3.8, 4) is 5.75 Å². The number of benzene rings is 1. The maximum Gasteiger partial charge on any atom is 0.303 e. The Hall–Kier alpha value is -2.42. The molecule has 3 atom stereocenters. The Bertz CT molecular complexity index is 1030. The summed E-state index contributed by atoms with van der Waals surface area (Å²) in [7, 11) is 0. The van der Waals surface area contributed by atoms with Crippen LogP contribution in [0.25, 0.3) is 0 Å². The Balaban J connectivity index is 3.01. The van der Waals surface area contributed by atoms with Crippen LogP contribution in [0.4, 0.5) is 0 Å². The standard InChI is InChI=1S/C28H37Cl3O8/c1-17(12-26(31)27(18(2)30)37-14-24(13-29)38-20(4)33)28(6,7)22-8-10-23(11-9-22)36-16-25(39-21(5)34)15-35-19(3)32/h8-12,18,24-25H,13-16H2,1-7H3/b17-12+,27-26-/t18-,24+,25+/m1/s1. The van der Waals surface area contributed by atoms with E-state index in [-0.39, 0.29) is 25.7 Å². The molecule has 0 fully saturated rings. The molecule has 0 aliphatic heterocycles. The zero-order chi connectivity index (χ0) is 29.8. The second-order valence-electron chi connectivity index (χ2n) is 9.35. The fourth-order valence-corrected chi connectivity index (χ4v) is 4.06. The van der Waals surface area contributed by atoms with E-state index >= 15 is 0 Å². The quantitative estimate of drug-likeness (QED) is 0.0782. The van der Waals surface area contributed by atoms with Crippen LogP contribution in [-0.2, 0) is 38.7 Å². The van der Waals surface area contributed by atoms with Gasteiger partial charge in [0.25, 0.3) is 0 Å². The average Bonchev–Trinajstić information content (AvgIpc) is 2.84. The molecule has 0 N–H and O–H groups in total. The zero-order valence-corrected chi connectivity index (χ0v) is 25.6. The maximum absolute atomic E-state index is 11.3. The highest BCUT2D eigenvalue weighted by molar-refractivity contribution is 6.32. The SMILES string of the molecule is CC(=O)OC[C@@H](COc1ccc(C(C)(C)/C(C)=C/C(Cl)=C(/OC[C@H](CCl)OC(C)=O)[C@@H](C)Cl)cc1)OC(C)=O. The molecule has 218 valence electrons. The first kappa shape index (κ1) is 34.6. The van der Waals surface area contributed by atoms with Crippen LogP contribution in [0.3, 0.4) is 0 Å². The van der Waals surface area contributed by atoms with Gasteiger partial charge in [-0.2, -0.15) is 0 Å². The molecule has 0 heterocycles. The first-order valence-electron chi connectivity index (χ1n) is 12.3. The third kappa shape index (κ3) is 12.5. The molecule has 0 aliphatic rings. The van der Waals surface area contributed by atoms with Crippen LogP contribution in [0.5, 0.6) is 5.75 Å². The molecule has 0 saturated heterocycles. The highest BCUT2D eigenvalue weighted by Crippen LogP contribution is 2.34. The lowest BCUT2D eigenvalue weighted by atomic mass is 9.78. The summed E-state index contributed by atoms with van der Waals surface area (Å²) in [4.78, 5) is 33.7. The van der Waals surface area contributed by atoms with Crippen molar-refractivity contribution in [1.82, 2.24) is 0 Å². The lowest BCUT2D eigenvalue weighted by molar-refractivity contribution is -0.158. The monoisotopic (exact) mass is 606 g/mol. The number of hydrogen-bond donors (Lipinski definition) is 0.